The molecule has 74 valence electrons. The van der Waals surface area contributed by atoms with Gasteiger partial charge in [-0.05, 0) is 17.9 Å². The van der Waals surface area contributed by atoms with E-state index in [1.165, 1.54) is 6.08 Å². The molecule has 0 amide bonds. The zero-order chi connectivity index (χ0) is 10.2. The van der Waals surface area contributed by atoms with Crippen molar-refractivity contribution >= 4 is 5.97 Å². The number of hydrogen-bond donors (Lipinski definition) is 1. The molecular formula is C10H16O3. The number of cyclic esters (lactones) is 1. The Labute approximate surface area is 78.4 Å². The molecule has 1 aliphatic rings. The first-order valence-electron chi connectivity index (χ1n) is 4.39. The SMILES string of the molecule is CC1=CC(=O)O[C@@H]1[C@H](O)C(C)(C)C. The Morgan fingerprint density at radius 1 is 1.54 bits per heavy atom. The monoisotopic (exact) mass is 184 g/mol. The van der Waals surface area contributed by atoms with Crippen molar-refractivity contribution in [1.82, 2.24) is 0 Å². The molecule has 2 atom stereocenters. The molecule has 0 spiro atoms. The molecule has 13 heavy (non-hydrogen) atoms. The highest BCUT2D eigenvalue weighted by atomic mass is 16.6. The van der Waals surface area contributed by atoms with Gasteiger partial charge in [0.1, 0.15) is 6.10 Å². The van der Waals surface area contributed by atoms with Gasteiger partial charge in [-0.2, -0.15) is 0 Å². The van der Waals surface area contributed by atoms with Crippen LogP contribution in [0.15, 0.2) is 11.6 Å². The van der Waals surface area contributed by atoms with Gasteiger partial charge in [0.15, 0.2) is 0 Å². The van der Waals surface area contributed by atoms with Crippen molar-refractivity contribution in [3.63, 3.8) is 0 Å². The molecule has 0 radical (unpaired) electrons. The number of aliphatic hydroxyl groups is 1. The summed E-state index contributed by atoms with van der Waals surface area (Å²) in [5, 5.41) is 9.86. The minimum Gasteiger partial charge on any atom is -0.452 e. The van der Waals surface area contributed by atoms with Crippen molar-refractivity contribution in [1.29, 1.82) is 0 Å². The van der Waals surface area contributed by atoms with Gasteiger partial charge in [-0.25, -0.2) is 4.79 Å². The molecule has 0 aromatic rings. The number of carbonyl (C=O) groups excluding carboxylic acids is 1. The van der Waals surface area contributed by atoms with Crippen molar-refractivity contribution in [2.75, 3.05) is 0 Å². The summed E-state index contributed by atoms with van der Waals surface area (Å²) in [5.74, 6) is -0.356. The second kappa shape index (κ2) is 3.14. The number of rotatable bonds is 1. The summed E-state index contributed by atoms with van der Waals surface area (Å²) in [6, 6.07) is 0. The minimum atomic E-state index is -0.643. The highest BCUT2D eigenvalue weighted by Crippen LogP contribution is 2.29. The maximum Gasteiger partial charge on any atom is 0.331 e. The molecule has 0 saturated heterocycles. The predicted octanol–water partition coefficient (Wildman–Crippen LogP) is 1.27. The molecule has 0 bridgehead atoms. The van der Waals surface area contributed by atoms with E-state index in [9.17, 15) is 9.90 Å². The topological polar surface area (TPSA) is 46.5 Å². The quantitative estimate of drug-likeness (QED) is 0.624. The lowest BCUT2D eigenvalue weighted by Crippen LogP contribution is -2.38. The molecule has 1 rings (SSSR count). The third-order valence-electron chi connectivity index (χ3n) is 2.21. The first-order valence-corrected chi connectivity index (χ1v) is 4.39. The Hall–Kier alpha value is -0.830. The van der Waals surface area contributed by atoms with E-state index in [2.05, 4.69) is 0 Å². The fraction of sp³-hybridized carbons (Fsp3) is 0.700. The molecule has 0 unspecified atom stereocenters. The zero-order valence-electron chi connectivity index (χ0n) is 8.50. The van der Waals surface area contributed by atoms with Crippen LogP contribution in [-0.2, 0) is 9.53 Å². The van der Waals surface area contributed by atoms with E-state index in [-0.39, 0.29) is 11.4 Å². The molecule has 0 fully saturated rings. The lowest BCUT2D eigenvalue weighted by atomic mass is 9.84. The Morgan fingerprint density at radius 2 is 2.08 bits per heavy atom. The second-order valence-electron chi connectivity index (χ2n) is 4.56. The van der Waals surface area contributed by atoms with Gasteiger partial charge in [0.25, 0.3) is 0 Å². The standard InChI is InChI=1S/C10H16O3/c1-6-5-7(11)13-8(6)9(12)10(2,3)4/h5,8-9,12H,1-4H3/t8-,9-/m0/s1. The van der Waals surface area contributed by atoms with E-state index in [4.69, 9.17) is 4.74 Å². The molecule has 0 aromatic carbocycles. The smallest absolute Gasteiger partial charge is 0.331 e. The normalized spacial score (nSPS) is 25.5. The van der Waals surface area contributed by atoms with Crippen LogP contribution >= 0.6 is 0 Å². The van der Waals surface area contributed by atoms with E-state index in [1.54, 1.807) is 6.92 Å². The zero-order valence-corrected chi connectivity index (χ0v) is 8.50. The highest BCUT2D eigenvalue weighted by molar-refractivity contribution is 5.85. The molecular weight excluding hydrogens is 168 g/mol. The van der Waals surface area contributed by atoms with Crippen LogP contribution in [0.25, 0.3) is 0 Å². The summed E-state index contributed by atoms with van der Waals surface area (Å²) in [4.78, 5) is 10.9. The maximum atomic E-state index is 10.9. The minimum absolute atomic E-state index is 0.273. The largest absolute Gasteiger partial charge is 0.452 e. The summed E-state index contributed by atoms with van der Waals surface area (Å²) in [6.07, 6.45) is 0.322. The van der Waals surface area contributed by atoms with E-state index >= 15 is 0 Å². The summed E-state index contributed by atoms with van der Waals surface area (Å²) >= 11 is 0. The van der Waals surface area contributed by atoms with Gasteiger partial charge in [0.05, 0.1) is 6.10 Å². The van der Waals surface area contributed by atoms with Crippen LogP contribution in [0.3, 0.4) is 0 Å². The Morgan fingerprint density at radius 3 is 2.38 bits per heavy atom. The molecule has 0 saturated carbocycles. The second-order valence-corrected chi connectivity index (χ2v) is 4.56. The highest BCUT2D eigenvalue weighted by Gasteiger charge is 2.36. The van der Waals surface area contributed by atoms with Gasteiger partial charge in [-0.3, -0.25) is 0 Å². The van der Waals surface area contributed by atoms with Crippen molar-refractivity contribution < 1.29 is 14.6 Å². The van der Waals surface area contributed by atoms with Crippen LogP contribution in [0.5, 0.6) is 0 Å². The van der Waals surface area contributed by atoms with Crippen LogP contribution < -0.4 is 0 Å². The van der Waals surface area contributed by atoms with Gasteiger partial charge in [-0.15, -0.1) is 0 Å². The van der Waals surface area contributed by atoms with Crippen LogP contribution in [0.2, 0.25) is 0 Å². The average molecular weight is 184 g/mol. The van der Waals surface area contributed by atoms with E-state index in [0.29, 0.717) is 0 Å². The number of aliphatic hydroxyl groups excluding tert-OH is 1. The summed E-state index contributed by atoms with van der Waals surface area (Å²) in [7, 11) is 0. The van der Waals surface area contributed by atoms with Gasteiger partial charge in [0, 0.05) is 6.08 Å². The van der Waals surface area contributed by atoms with Gasteiger partial charge in [0.2, 0.25) is 0 Å². The van der Waals surface area contributed by atoms with Gasteiger partial charge >= 0.3 is 5.97 Å². The number of hydrogen-bond acceptors (Lipinski definition) is 3. The van der Waals surface area contributed by atoms with Crippen molar-refractivity contribution in [3.05, 3.63) is 11.6 Å². The molecule has 3 nitrogen and oxygen atoms in total. The summed E-state index contributed by atoms with van der Waals surface area (Å²) < 4.78 is 4.98. The van der Waals surface area contributed by atoms with Crippen LogP contribution in [0.1, 0.15) is 27.7 Å². The van der Waals surface area contributed by atoms with Crippen molar-refractivity contribution in [2.24, 2.45) is 5.41 Å². The third kappa shape index (κ3) is 2.10. The number of ether oxygens (including phenoxy) is 1. The van der Waals surface area contributed by atoms with Crippen molar-refractivity contribution in [2.45, 2.75) is 39.9 Å². The first kappa shape index (κ1) is 10.3. The Balaban J connectivity index is 2.76. The van der Waals surface area contributed by atoms with Gasteiger partial charge in [-0.1, -0.05) is 20.8 Å². The summed E-state index contributed by atoms with van der Waals surface area (Å²) in [5.41, 5.74) is 0.525. The Kier molecular flexibility index (Phi) is 2.48. The fourth-order valence-electron chi connectivity index (χ4n) is 1.29. The van der Waals surface area contributed by atoms with Gasteiger partial charge < -0.3 is 9.84 Å². The molecule has 1 N–H and O–H groups in total. The van der Waals surface area contributed by atoms with Crippen LogP contribution in [0.4, 0.5) is 0 Å². The van der Waals surface area contributed by atoms with Crippen molar-refractivity contribution in [3.8, 4) is 0 Å². The lowest BCUT2D eigenvalue weighted by Gasteiger charge is -2.30. The first-order chi connectivity index (χ1) is 5.82. The van der Waals surface area contributed by atoms with E-state index in [1.807, 2.05) is 20.8 Å². The molecule has 1 aliphatic heterocycles. The predicted molar refractivity (Wildman–Crippen MR) is 49.1 cm³/mol. The average Bonchev–Trinajstić information content (AvgIpc) is 2.26. The number of carbonyl (C=O) groups is 1. The van der Waals surface area contributed by atoms with E-state index < -0.39 is 12.2 Å². The molecule has 0 aromatic heterocycles. The maximum absolute atomic E-state index is 10.9. The third-order valence-corrected chi connectivity index (χ3v) is 2.21. The lowest BCUT2D eigenvalue weighted by molar-refractivity contribution is -0.146. The number of esters is 1. The Bertz CT molecular complexity index is 247. The van der Waals surface area contributed by atoms with E-state index in [0.717, 1.165) is 5.57 Å². The molecule has 0 aliphatic carbocycles. The van der Waals surface area contributed by atoms with Crippen LogP contribution in [-0.4, -0.2) is 23.3 Å². The summed E-state index contributed by atoms with van der Waals surface area (Å²) in [6.45, 7) is 7.54. The fourth-order valence-corrected chi connectivity index (χ4v) is 1.29. The molecule has 1 heterocycles. The van der Waals surface area contributed by atoms with Crippen LogP contribution in [0, 0.1) is 5.41 Å². The molecule has 3 heteroatoms.